The van der Waals surface area contributed by atoms with Crippen molar-refractivity contribution < 1.29 is 30.0 Å². The number of carbonyl (C=O) groups is 2. The quantitative estimate of drug-likeness (QED) is 0.360. The molecule has 0 spiro atoms. The molecule has 0 saturated heterocycles. The Bertz CT molecular complexity index is 1050. The number of aliphatic hydroxyl groups excluding tert-OH is 2. The number of aliphatic carboxylic acids is 2. The molecule has 6 nitrogen and oxygen atoms in total. The average Bonchev–Trinajstić information content (AvgIpc) is 2.80. The number of carboxylic acids is 2. The van der Waals surface area contributed by atoms with E-state index in [1.807, 2.05) is 13.8 Å². The fraction of sp³-hybridized carbons (Fsp3) is 0.871. The maximum Gasteiger partial charge on any atom is 0.310 e. The Labute approximate surface area is 221 Å². The molecule has 4 fully saturated rings. The van der Waals surface area contributed by atoms with Crippen LogP contribution in [0.1, 0.15) is 99.8 Å². The van der Waals surface area contributed by atoms with Crippen molar-refractivity contribution in [2.45, 2.75) is 112 Å². The van der Waals surface area contributed by atoms with E-state index in [1.54, 1.807) is 0 Å². The van der Waals surface area contributed by atoms with Crippen LogP contribution in [0.15, 0.2) is 11.6 Å². The smallest absolute Gasteiger partial charge is 0.310 e. The van der Waals surface area contributed by atoms with E-state index in [9.17, 15) is 30.0 Å². The summed E-state index contributed by atoms with van der Waals surface area (Å²) < 4.78 is 0. The van der Waals surface area contributed by atoms with Gasteiger partial charge >= 0.3 is 11.9 Å². The molecule has 5 aliphatic rings. The molecule has 0 radical (unpaired) electrons. The average molecular weight is 517 g/mol. The largest absolute Gasteiger partial charge is 0.481 e. The molecule has 37 heavy (non-hydrogen) atoms. The molecule has 0 bridgehead atoms. The predicted octanol–water partition coefficient (Wildman–Crippen LogP) is 5.52. The van der Waals surface area contributed by atoms with E-state index in [0.29, 0.717) is 25.7 Å². The number of fused-ring (bicyclic) bond motifs is 7. The zero-order chi connectivity index (χ0) is 27.6. The molecule has 0 amide bonds. The zero-order valence-corrected chi connectivity index (χ0v) is 23.8. The molecule has 5 aliphatic carbocycles. The van der Waals surface area contributed by atoms with Crippen LogP contribution in [0, 0.1) is 56.2 Å². The van der Waals surface area contributed by atoms with Crippen molar-refractivity contribution in [3.8, 4) is 0 Å². The van der Waals surface area contributed by atoms with Gasteiger partial charge in [0.25, 0.3) is 0 Å². The van der Waals surface area contributed by atoms with E-state index in [4.69, 9.17) is 0 Å². The number of aliphatic hydroxyl groups is 2. The summed E-state index contributed by atoms with van der Waals surface area (Å²) in [6.07, 6.45) is 6.48. The molecule has 4 saturated carbocycles. The van der Waals surface area contributed by atoms with Crippen LogP contribution in [0.3, 0.4) is 0 Å². The predicted molar refractivity (Wildman–Crippen MR) is 141 cm³/mol. The van der Waals surface area contributed by atoms with Crippen LogP contribution in [0.4, 0.5) is 0 Å². The molecule has 208 valence electrons. The van der Waals surface area contributed by atoms with Crippen molar-refractivity contribution in [1.82, 2.24) is 0 Å². The minimum atomic E-state index is -0.993. The molecule has 0 aromatic carbocycles. The van der Waals surface area contributed by atoms with E-state index < -0.39 is 40.9 Å². The summed E-state index contributed by atoms with van der Waals surface area (Å²) in [4.78, 5) is 25.5. The van der Waals surface area contributed by atoms with Gasteiger partial charge in [-0.15, -0.1) is 0 Å². The highest BCUT2D eigenvalue weighted by Gasteiger charge is 2.72. The third kappa shape index (κ3) is 3.06. The topological polar surface area (TPSA) is 115 Å². The first kappa shape index (κ1) is 27.2. The van der Waals surface area contributed by atoms with E-state index in [-0.39, 0.29) is 39.4 Å². The molecular weight excluding hydrogens is 468 g/mol. The Kier molecular flexibility index (Phi) is 5.76. The molecule has 0 aromatic heterocycles. The number of hydrogen-bond acceptors (Lipinski definition) is 4. The number of allylic oxidation sites excluding steroid dienone is 1. The SMILES string of the molecule is CC1C(O)CC2(C)C(CCC3(C)C2CC=C2C4C(O)C(C)(C)CCC4(C(=O)O)CCC23C)C1(C)C(=O)O. The molecule has 11 unspecified atom stereocenters. The highest BCUT2D eigenvalue weighted by molar-refractivity contribution is 5.77. The number of hydrogen-bond donors (Lipinski definition) is 4. The van der Waals surface area contributed by atoms with Gasteiger partial charge in [-0.25, -0.2) is 0 Å². The summed E-state index contributed by atoms with van der Waals surface area (Å²) in [6, 6.07) is 0. The van der Waals surface area contributed by atoms with Gasteiger partial charge in [0, 0.05) is 5.92 Å². The second-order valence-electron chi connectivity index (χ2n) is 15.3. The monoisotopic (exact) mass is 516 g/mol. The number of rotatable bonds is 2. The second kappa shape index (κ2) is 7.84. The molecule has 11 atom stereocenters. The maximum absolute atomic E-state index is 12.8. The number of carboxylic acid groups (broad SMARTS) is 2. The standard InChI is InChI=1S/C31H48O6/c1-17-19(32)16-27(4)20-9-8-18-22-23(33)26(2,3)12-14-31(22,25(36)37)15-13-28(18,5)29(20,6)11-10-21(27)30(17,7)24(34)35/h8,17,19-23,32-33H,9-16H2,1-7H3,(H,34,35)(H,36,37). The van der Waals surface area contributed by atoms with Gasteiger partial charge in [0.2, 0.25) is 0 Å². The summed E-state index contributed by atoms with van der Waals surface area (Å²) in [5.74, 6) is -2.17. The van der Waals surface area contributed by atoms with Crippen molar-refractivity contribution in [2.75, 3.05) is 0 Å². The molecule has 0 aromatic rings. The lowest BCUT2D eigenvalue weighted by molar-refractivity contribution is -0.228. The van der Waals surface area contributed by atoms with Crippen LogP contribution in [0.5, 0.6) is 0 Å². The Morgan fingerprint density at radius 3 is 2.08 bits per heavy atom. The maximum atomic E-state index is 12.8. The van der Waals surface area contributed by atoms with Gasteiger partial charge in [0.15, 0.2) is 0 Å². The van der Waals surface area contributed by atoms with Crippen molar-refractivity contribution in [3.05, 3.63) is 11.6 Å². The third-order valence-corrected chi connectivity index (χ3v) is 13.9. The van der Waals surface area contributed by atoms with Crippen LogP contribution >= 0.6 is 0 Å². The Balaban J connectivity index is 1.64. The van der Waals surface area contributed by atoms with Crippen LogP contribution in [0.25, 0.3) is 0 Å². The minimum Gasteiger partial charge on any atom is -0.481 e. The molecule has 6 heteroatoms. The summed E-state index contributed by atoms with van der Waals surface area (Å²) in [5, 5.41) is 43.8. The third-order valence-electron chi connectivity index (χ3n) is 13.9. The summed E-state index contributed by atoms with van der Waals surface area (Å²) in [6.45, 7) is 14.7. The first-order valence-corrected chi connectivity index (χ1v) is 14.5. The van der Waals surface area contributed by atoms with E-state index in [2.05, 4.69) is 40.7 Å². The van der Waals surface area contributed by atoms with E-state index >= 15 is 0 Å². The van der Waals surface area contributed by atoms with Crippen molar-refractivity contribution in [1.29, 1.82) is 0 Å². The van der Waals surface area contributed by atoms with Crippen LogP contribution in [-0.4, -0.2) is 44.6 Å². The normalized spacial score (nSPS) is 54.6. The molecule has 4 N–H and O–H groups in total. The summed E-state index contributed by atoms with van der Waals surface area (Å²) in [7, 11) is 0. The fourth-order valence-corrected chi connectivity index (χ4v) is 10.9. The Morgan fingerprint density at radius 2 is 1.49 bits per heavy atom. The molecule has 0 heterocycles. The van der Waals surface area contributed by atoms with Crippen LogP contribution in [-0.2, 0) is 9.59 Å². The highest BCUT2D eigenvalue weighted by atomic mass is 16.4. The van der Waals surface area contributed by atoms with Gasteiger partial charge in [-0.1, -0.05) is 53.2 Å². The Hall–Kier alpha value is -1.40. The first-order chi connectivity index (χ1) is 16.9. The van der Waals surface area contributed by atoms with Crippen molar-refractivity contribution in [2.24, 2.45) is 56.2 Å². The van der Waals surface area contributed by atoms with E-state index in [1.165, 1.54) is 0 Å². The lowest BCUT2D eigenvalue weighted by Gasteiger charge is -2.71. The lowest BCUT2D eigenvalue weighted by Crippen LogP contribution is -2.68. The summed E-state index contributed by atoms with van der Waals surface area (Å²) >= 11 is 0. The Morgan fingerprint density at radius 1 is 0.865 bits per heavy atom. The fourth-order valence-electron chi connectivity index (χ4n) is 10.9. The highest BCUT2D eigenvalue weighted by Crippen LogP contribution is 2.76. The lowest BCUT2D eigenvalue weighted by atomic mass is 9.32. The van der Waals surface area contributed by atoms with Gasteiger partial charge < -0.3 is 20.4 Å². The van der Waals surface area contributed by atoms with E-state index in [0.717, 1.165) is 31.3 Å². The van der Waals surface area contributed by atoms with Crippen LogP contribution < -0.4 is 0 Å². The molecular formula is C31H48O6. The molecule has 0 aliphatic heterocycles. The minimum absolute atomic E-state index is 0.0339. The van der Waals surface area contributed by atoms with Crippen molar-refractivity contribution >= 4 is 11.9 Å². The van der Waals surface area contributed by atoms with Gasteiger partial charge in [0.05, 0.1) is 23.0 Å². The van der Waals surface area contributed by atoms with Gasteiger partial charge in [-0.2, -0.15) is 0 Å². The van der Waals surface area contributed by atoms with Crippen LogP contribution in [0.2, 0.25) is 0 Å². The molecule has 5 rings (SSSR count). The van der Waals surface area contributed by atoms with Crippen molar-refractivity contribution in [3.63, 3.8) is 0 Å². The van der Waals surface area contributed by atoms with Gasteiger partial charge in [0.1, 0.15) is 0 Å². The second-order valence-corrected chi connectivity index (χ2v) is 15.3. The zero-order valence-electron chi connectivity index (χ0n) is 23.8. The summed E-state index contributed by atoms with van der Waals surface area (Å²) in [5.41, 5.74) is -1.94. The van der Waals surface area contributed by atoms with Gasteiger partial charge in [-0.3, -0.25) is 9.59 Å². The van der Waals surface area contributed by atoms with Gasteiger partial charge in [-0.05, 0) is 97.7 Å². The first-order valence-electron chi connectivity index (χ1n) is 14.5.